The van der Waals surface area contributed by atoms with Crippen LogP contribution in [-0.2, 0) is 17.9 Å². The van der Waals surface area contributed by atoms with Crippen molar-refractivity contribution in [3.63, 3.8) is 0 Å². The summed E-state index contributed by atoms with van der Waals surface area (Å²) in [5, 5.41) is 8.94. The summed E-state index contributed by atoms with van der Waals surface area (Å²) in [5.74, 6) is -0.239. The fraction of sp³-hybridized carbons (Fsp3) is 0.261. The van der Waals surface area contributed by atoms with Crippen LogP contribution in [0.2, 0.25) is 0 Å². The van der Waals surface area contributed by atoms with Gasteiger partial charge in [-0.05, 0) is 32.4 Å². The van der Waals surface area contributed by atoms with Crippen LogP contribution >= 0.6 is 0 Å². The van der Waals surface area contributed by atoms with Crippen molar-refractivity contribution in [2.45, 2.75) is 39.4 Å². The largest absolute Gasteiger partial charge is 0.350 e. The van der Waals surface area contributed by atoms with E-state index in [1.165, 1.54) is 4.68 Å². The number of benzene rings is 2. The van der Waals surface area contributed by atoms with Gasteiger partial charge >= 0.3 is 0 Å². The van der Waals surface area contributed by atoms with Crippen LogP contribution in [0, 0.1) is 0 Å². The minimum Gasteiger partial charge on any atom is -0.350 e. The number of amides is 1. The molecule has 1 amide bonds. The summed E-state index contributed by atoms with van der Waals surface area (Å²) in [7, 11) is 0. The lowest BCUT2D eigenvalue weighted by molar-refractivity contribution is -0.123. The van der Waals surface area contributed by atoms with Crippen molar-refractivity contribution >= 4 is 27.7 Å². The molecule has 2 aromatic carbocycles. The van der Waals surface area contributed by atoms with E-state index in [-0.39, 0.29) is 23.6 Å². The highest BCUT2D eigenvalue weighted by molar-refractivity contribution is 6.07. The van der Waals surface area contributed by atoms with Gasteiger partial charge < -0.3 is 9.88 Å². The van der Waals surface area contributed by atoms with Crippen LogP contribution < -0.4 is 10.9 Å². The zero-order chi connectivity index (χ0) is 20.6. The Kier molecular flexibility index (Phi) is 4.70. The SMILES string of the molecule is CC(C)(C)NC(=O)Cn1ncc2c3ccccc3n(Cc3ccccc3)c2c1=O. The molecule has 6 heteroatoms. The van der Waals surface area contributed by atoms with Crippen molar-refractivity contribution in [2.75, 3.05) is 0 Å². The fourth-order valence-electron chi connectivity index (χ4n) is 3.63. The summed E-state index contributed by atoms with van der Waals surface area (Å²) in [6, 6.07) is 17.9. The molecule has 0 saturated heterocycles. The molecule has 0 spiro atoms. The smallest absolute Gasteiger partial charge is 0.291 e. The number of hydrogen-bond acceptors (Lipinski definition) is 3. The minimum absolute atomic E-state index is 0.112. The Morgan fingerprint density at radius 2 is 1.69 bits per heavy atom. The summed E-state index contributed by atoms with van der Waals surface area (Å²) < 4.78 is 3.26. The zero-order valence-corrected chi connectivity index (χ0v) is 16.8. The van der Waals surface area contributed by atoms with Crippen LogP contribution in [0.25, 0.3) is 21.8 Å². The second-order valence-corrected chi connectivity index (χ2v) is 8.26. The van der Waals surface area contributed by atoms with Gasteiger partial charge in [0, 0.05) is 28.4 Å². The van der Waals surface area contributed by atoms with Gasteiger partial charge in [-0.3, -0.25) is 9.59 Å². The summed E-state index contributed by atoms with van der Waals surface area (Å²) in [6.45, 7) is 6.17. The summed E-state index contributed by atoms with van der Waals surface area (Å²) >= 11 is 0. The average Bonchev–Trinajstić information content (AvgIpc) is 2.98. The molecule has 0 fully saturated rings. The van der Waals surface area contributed by atoms with E-state index >= 15 is 0 Å². The number of nitrogens with zero attached hydrogens (tertiary/aromatic N) is 3. The highest BCUT2D eigenvalue weighted by Crippen LogP contribution is 2.27. The molecule has 0 unspecified atom stereocenters. The Hall–Kier alpha value is -3.41. The molecule has 0 radical (unpaired) electrons. The van der Waals surface area contributed by atoms with Crippen molar-refractivity contribution in [3.05, 3.63) is 76.7 Å². The van der Waals surface area contributed by atoms with Crippen molar-refractivity contribution in [2.24, 2.45) is 0 Å². The van der Waals surface area contributed by atoms with Gasteiger partial charge in [0.2, 0.25) is 5.91 Å². The third kappa shape index (κ3) is 3.78. The van der Waals surface area contributed by atoms with Crippen molar-refractivity contribution in [3.8, 4) is 0 Å². The Morgan fingerprint density at radius 1 is 1.00 bits per heavy atom. The first-order valence-corrected chi connectivity index (χ1v) is 9.65. The number of fused-ring (bicyclic) bond motifs is 3. The minimum atomic E-state index is -0.368. The standard InChI is InChI=1S/C23H24N4O2/c1-23(2,3)25-20(28)15-27-22(29)21-18(13-24-27)17-11-7-8-12-19(17)26(21)14-16-9-5-4-6-10-16/h4-13H,14-15H2,1-3H3,(H,25,28). The molecule has 0 aliphatic heterocycles. The van der Waals surface area contributed by atoms with E-state index in [4.69, 9.17) is 0 Å². The first-order valence-electron chi connectivity index (χ1n) is 9.65. The molecule has 2 heterocycles. The highest BCUT2D eigenvalue weighted by atomic mass is 16.2. The number of aromatic nitrogens is 3. The second kappa shape index (κ2) is 7.20. The van der Waals surface area contributed by atoms with Crippen molar-refractivity contribution in [1.82, 2.24) is 19.7 Å². The zero-order valence-electron chi connectivity index (χ0n) is 16.8. The lowest BCUT2D eigenvalue weighted by Crippen LogP contribution is -2.44. The van der Waals surface area contributed by atoms with Crippen LogP contribution in [-0.4, -0.2) is 25.8 Å². The summed E-state index contributed by atoms with van der Waals surface area (Å²) in [4.78, 5) is 25.7. The van der Waals surface area contributed by atoms with Gasteiger partial charge in [0.25, 0.3) is 5.56 Å². The Morgan fingerprint density at radius 3 is 2.41 bits per heavy atom. The molecule has 0 atom stereocenters. The van der Waals surface area contributed by atoms with Gasteiger partial charge in [-0.2, -0.15) is 5.10 Å². The second-order valence-electron chi connectivity index (χ2n) is 8.26. The molecule has 6 nitrogen and oxygen atoms in total. The molecule has 0 saturated carbocycles. The highest BCUT2D eigenvalue weighted by Gasteiger charge is 2.19. The van der Waals surface area contributed by atoms with Crippen LogP contribution in [0.5, 0.6) is 0 Å². The first kappa shape index (κ1) is 18.9. The Balaban J connectivity index is 1.86. The Labute approximate surface area is 168 Å². The van der Waals surface area contributed by atoms with E-state index < -0.39 is 0 Å². The maximum Gasteiger partial charge on any atom is 0.291 e. The molecule has 4 aromatic rings. The topological polar surface area (TPSA) is 68.9 Å². The van der Waals surface area contributed by atoms with Gasteiger partial charge in [-0.25, -0.2) is 4.68 Å². The summed E-state index contributed by atoms with van der Waals surface area (Å²) in [6.07, 6.45) is 1.69. The lowest BCUT2D eigenvalue weighted by atomic mass is 10.1. The van der Waals surface area contributed by atoms with Gasteiger partial charge in [0.15, 0.2) is 0 Å². The maximum atomic E-state index is 13.3. The predicted molar refractivity (Wildman–Crippen MR) is 115 cm³/mol. The molecule has 148 valence electrons. The van der Waals surface area contributed by atoms with Crippen LogP contribution in [0.4, 0.5) is 0 Å². The molecule has 0 bridgehead atoms. The van der Waals surface area contributed by atoms with Gasteiger partial charge in [0.05, 0.1) is 6.20 Å². The average molecular weight is 388 g/mol. The first-order chi connectivity index (χ1) is 13.8. The van der Waals surface area contributed by atoms with E-state index in [1.54, 1.807) is 6.20 Å². The van der Waals surface area contributed by atoms with Crippen LogP contribution in [0.15, 0.2) is 65.6 Å². The Bertz CT molecular complexity index is 1250. The van der Waals surface area contributed by atoms with E-state index in [0.29, 0.717) is 12.1 Å². The van der Waals surface area contributed by atoms with E-state index in [2.05, 4.69) is 10.4 Å². The van der Waals surface area contributed by atoms with Crippen LogP contribution in [0.3, 0.4) is 0 Å². The molecule has 29 heavy (non-hydrogen) atoms. The molecular weight excluding hydrogens is 364 g/mol. The number of para-hydroxylation sites is 1. The van der Waals surface area contributed by atoms with Crippen molar-refractivity contribution < 1.29 is 4.79 Å². The molecule has 1 N–H and O–H groups in total. The normalized spacial score (nSPS) is 11.8. The third-order valence-electron chi connectivity index (χ3n) is 4.76. The lowest BCUT2D eigenvalue weighted by Gasteiger charge is -2.20. The third-order valence-corrected chi connectivity index (χ3v) is 4.76. The van der Waals surface area contributed by atoms with E-state index in [1.807, 2.05) is 79.9 Å². The van der Waals surface area contributed by atoms with Gasteiger partial charge in [-0.15, -0.1) is 0 Å². The van der Waals surface area contributed by atoms with Crippen molar-refractivity contribution in [1.29, 1.82) is 0 Å². The van der Waals surface area contributed by atoms with Gasteiger partial charge in [0.1, 0.15) is 12.1 Å². The fourth-order valence-corrected chi connectivity index (χ4v) is 3.63. The molecule has 4 rings (SSSR count). The monoisotopic (exact) mass is 388 g/mol. The van der Waals surface area contributed by atoms with Crippen LogP contribution in [0.1, 0.15) is 26.3 Å². The number of hydrogen-bond donors (Lipinski definition) is 1. The molecule has 2 aromatic heterocycles. The molecular formula is C23H24N4O2. The number of rotatable bonds is 4. The number of nitrogens with one attached hydrogen (secondary N) is 1. The van der Waals surface area contributed by atoms with E-state index in [0.717, 1.165) is 21.9 Å². The predicted octanol–water partition coefficient (Wildman–Crippen LogP) is 3.31. The molecule has 0 aliphatic carbocycles. The molecule has 0 aliphatic rings. The number of carbonyl (C=O) groups excluding carboxylic acids is 1. The van der Waals surface area contributed by atoms with Gasteiger partial charge in [-0.1, -0.05) is 48.5 Å². The number of carbonyl (C=O) groups is 1. The maximum absolute atomic E-state index is 13.3. The van der Waals surface area contributed by atoms with E-state index in [9.17, 15) is 9.59 Å². The quantitative estimate of drug-likeness (QED) is 0.583. The summed E-state index contributed by atoms with van der Waals surface area (Å²) in [5.41, 5.74) is 2.00.